The van der Waals surface area contributed by atoms with Crippen LogP contribution in [-0.4, -0.2) is 6.29 Å². The van der Waals surface area contributed by atoms with Crippen LogP contribution in [0.4, 0.5) is 0 Å². The molecule has 2 rings (SSSR count). The second kappa shape index (κ2) is 3.24. The molecular formula is C10H7BrOS. The molecule has 0 unspecified atom stereocenters. The lowest BCUT2D eigenvalue weighted by Crippen LogP contribution is -1.78. The fourth-order valence-electron chi connectivity index (χ4n) is 1.37. The number of carbonyl (C=O) groups excluding carboxylic acids is 1. The largest absolute Gasteiger partial charge is 0.298 e. The number of carbonyl (C=O) groups is 1. The molecule has 13 heavy (non-hydrogen) atoms. The van der Waals surface area contributed by atoms with Gasteiger partial charge in [-0.25, -0.2) is 0 Å². The van der Waals surface area contributed by atoms with E-state index in [0.717, 1.165) is 31.3 Å². The number of hydrogen-bond acceptors (Lipinski definition) is 2. The summed E-state index contributed by atoms with van der Waals surface area (Å²) < 4.78 is 2.22. The summed E-state index contributed by atoms with van der Waals surface area (Å²) in [5.74, 6) is 0. The molecule has 2 aromatic rings. The third-order valence-electron chi connectivity index (χ3n) is 2.01. The van der Waals surface area contributed by atoms with Crippen LogP contribution < -0.4 is 0 Å². The Morgan fingerprint density at radius 1 is 1.46 bits per heavy atom. The molecule has 3 heteroatoms. The first-order valence-electron chi connectivity index (χ1n) is 3.87. The number of halogens is 1. The Morgan fingerprint density at radius 3 is 2.92 bits per heavy atom. The maximum Gasteiger partial charge on any atom is 0.151 e. The molecular weight excluding hydrogens is 248 g/mol. The van der Waals surface area contributed by atoms with Crippen LogP contribution in [0.25, 0.3) is 10.1 Å². The van der Waals surface area contributed by atoms with Crippen LogP contribution in [0, 0.1) is 6.92 Å². The van der Waals surface area contributed by atoms with Crippen LogP contribution in [0.2, 0.25) is 0 Å². The van der Waals surface area contributed by atoms with E-state index in [2.05, 4.69) is 15.9 Å². The molecule has 0 radical (unpaired) electrons. The molecule has 0 aliphatic carbocycles. The van der Waals surface area contributed by atoms with E-state index < -0.39 is 0 Å². The van der Waals surface area contributed by atoms with Crippen LogP contribution in [0.3, 0.4) is 0 Å². The van der Waals surface area contributed by atoms with Gasteiger partial charge in [-0.1, -0.05) is 12.1 Å². The predicted molar refractivity (Wildman–Crippen MR) is 59.6 cm³/mol. The van der Waals surface area contributed by atoms with Gasteiger partial charge in [0.2, 0.25) is 0 Å². The van der Waals surface area contributed by atoms with Gasteiger partial charge in [-0.3, -0.25) is 4.79 Å². The number of benzene rings is 1. The fourth-order valence-corrected chi connectivity index (χ4v) is 3.01. The number of aryl methyl sites for hydroxylation is 1. The van der Waals surface area contributed by atoms with Gasteiger partial charge in [0.1, 0.15) is 0 Å². The molecule has 66 valence electrons. The molecule has 0 aliphatic rings. The average molecular weight is 255 g/mol. The lowest BCUT2D eigenvalue weighted by atomic mass is 10.1. The molecule has 0 atom stereocenters. The highest BCUT2D eigenvalue weighted by molar-refractivity contribution is 9.10. The zero-order chi connectivity index (χ0) is 9.42. The Morgan fingerprint density at radius 2 is 2.23 bits per heavy atom. The average Bonchev–Trinajstić information content (AvgIpc) is 2.43. The molecule has 0 saturated heterocycles. The van der Waals surface area contributed by atoms with E-state index in [1.165, 1.54) is 0 Å². The Bertz CT molecular complexity index is 473. The minimum absolute atomic E-state index is 0.821. The van der Waals surface area contributed by atoms with Crippen molar-refractivity contribution in [3.8, 4) is 0 Å². The van der Waals surface area contributed by atoms with E-state index in [-0.39, 0.29) is 0 Å². The summed E-state index contributed by atoms with van der Waals surface area (Å²) in [7, 11) is 0. The summed E-state index contributed by atoms with van der Waals surface area (Å²) in [6.07, 6.45) is 0.931. The van der Waals surface area contributed by atoms with Gasteiger partial charge < -0.3 is 0 Å². The lowest BCUT2D eigenvalue weighted by molar-refractivity contribution is 0.112. The second-order valence-electron chi connectivity index (χ2n) is 2.81. The fraction of sp³-hybridized carbons (Fsp3) is 0.100. The zero-order valence-electron chi connectivity index (χ0n) is 7.00. The molecule has 0 fully saturated rings. The van der Waals surface area contributed by atoms with Crippen molar-refractivity contribution in [3.05, 3.63) is 33.1 Å². The SMILES string of the molecule is Cc1sc2c(Br)cccc2c1C=O. The van der Waals surface area contributed by atoms with Gasteiger partial charge in [-0.2, -0.15) is 0 Å². The van der Waals surface area contributed by atoms with Crippen molar-refractivity contribution in [2.45, 2.75) is 6.92 Å². The van der Waals surface area contributed by atoms with Gasteiger partial charge in [0.25, 0.3) is 0 Å². The third kappa shape index (κ3) is 1.32. The van der Waals surface area contributed by atoms with Gasteiger partial charge in [0.15, 0.2) is 6.29 Å². The van der Waals surface area contributed by atoms with E-state index in [1.807, 2.05) is 25.1 Å². The Kier molecular flexibility index (Phi) is 2.22. The van der Waals surface area contributed by atoms with Gasteiger partial charge >= 0.3 is 0 Å². The number of hydrogen-bond donors (Lipinski definition) is 0. The Balaban J connectivity index is 2.93. The van der Waals surface area contributed by atoms with Gasteiger partial charge in [-0.15, -0.1) is 11.3 Å². The molecule has 0 N–H and O–H groups in total. The zero-order valence-corrected chi connectivity index (χ0v) is 9.41. The van der Waals surface area contributed by atoms with E-state index in [9.17, 15) is 4.79 Å². The summed E-state index contributed by atoms with van der Waals surface area (Å²) in [6, 6.07) is 5.92. The van der Waals surface area contributed by atoms with Gasteiger partial charge in [0.05, 0.1) is 0 Å². The highest BCUT2D eigenvalue weighted by atomic mass is 79.9. The monoisotopic (exact) mass is 254 g/mol. The normalized spacial score (nSPS) is 10.6. The van der Waals surface area contributed by atoms with Gasteiger partial charge in [-0.05, 0) is 28.9 Å². The maximum atomic E-state index is 10.8. The molecule has 0 amide bonds. The molecule has 0 saturated carbocycles. The number of thiophene rings is 1. The summed E-state index contributed by atoms with van der Waals surface area (Å²) in [4.78, 5) is 11.9. The van der Waals surface area contributed by atoms with Crippen molar-refractivity contribution in [3.63, 3.8) is 0 Å². The first kappa shape index (κ1) is 8.91. The number of rotatable bonds is 1. The molecule has 1 aromatic heterocycles. The summed E-state index contributed by atoms with van der Waals surface area (Å²) in [6.45, 7) is 1.97. The molecule has 1 nitrogen and oxygen atoms in total. The van der Waals surface area contributed by atoms with E-state index in [0.29, 0.717) is 0 Å². The highest BCUT2D eigenvalue weighted by Crippen LogP contribution is 2.34. The molecule has 0 aliphatic heterocycles. The number of fused-ring (bicyclic) bond motifs is 1. The van der Waals surface area contributed by atoms with E-state index in [1.54, 1.807) is 11.3 Å². The van der Waals surface area contributed by atoms with Crippen LogP contribution in [0.15, 0.2) is 22.7 Å². The van der Waals surface area contributed by atoms with Crippen LogP contribution in [0.5, 0.6) is 0 Å². The van der Waals surface area contributed by atoms with E-state index >= 15 is 0 Å². The molecule has 1 heterocycles. The first-order valence-corrected chi connectivity index (χ1v) is 5.48. The number of aldehydes is 1. The van der Waals surface area contributed by atoms with Gasteiger partial charge in [0, 0.05) is 25.0 Å². The van der Waals surface area contributed by atoms with Crippen LogP contribution in [0.1, 0.15) is 15.2 Å². The summed E-state index contributed by atoms with van der Waals surface area (Å²) >= 11 is 5.12. The van der Waals surface area contributed by atoms with Crippen molar-refractivity contribution in [2.24, 2.45) is 0 Å². The minimum atomic E-state index is 0.821. The molecule has 0 bridgehead atoms. The Labute approximate surface area is 88.5 Å². The molecule has 1 aromatic carbocycles. The van der Waals surface area contributed by atoms with Crippen molar-refractivity contribution < 1.29 is 4.79 Å². The van der Waals surface area contributed by atoms with Crippen LogP contribution >= 0.6 is 27.3 Å². The lowest BCUT2D eigenvalue weighted by Gasteiger charge is -1.92. The minimum Gasteiger partial charge on any atom is -0.298 e. The van der Waals surface area contributed by atoms with E-state index in [4.69, 9.17) is 0 Å². The summed E-state index contributed by atoms with van der Waals surface area (Å²) in [5.41, 5.74) is 0.821. The standard InChI is InChI=1S/C10H7BrOS/c1-6-8(5-12)7-3-2-4-9(11)10(7)13-6/h2-5H,1H3. The molecule has 0 spiro atoms. The van der Waals surface area contributed by atoms with Crippen molar-refractivity contribution >= 4 is 43.6 Å². The highest BCUT2D eigenvalue weighted by Gasteiger charge is 2.09. The van der Waals surface area contributed by atoms with Crippen molar-refractivity contribution in [1.29, 1.82) is 0 Å². The third-order valence-corrected chi connectivity index (χ3v) is 4.10. The first-order chi connectivity index (χ1) is 6.24. The Hall–Kier alpha value is -0.670. The maximum absolute atomic E-state index is 10.8. The second-order valence-corrected chi connectivity index (χ2v) is 4.89. The van der Waals surface area contributed by atoms with Crippen molar-refractivity contribution in [2.75, 3.05) is 0 Å². The quantitative estimate of drug-likeness (QED) is 0.708. The smallest absolute Gasteiger partial charge is 0.151 e. The predicted octanol–water partition coefficient (Wildman–Crippen LogP) is 3.78. The summed E-state index contributed by atoms with van der Waals surface area (Å²) in [5, 5.41) is 1.05. The topological polar surface area (TPSA) is 17.1 Å². The van der Waals surface area contributed by atoms with Crippen LogP contribution in [-0.2, 0) is 0 Å². The van der Waals surface area contributed by atoms with Crippen molar-refractivity contribution in [1.82, 2.24) is 0 Å².